The second kappa shape index (κ2) is 6.18. The van der Waals surface area contributed by atoms with Gasteiger partial charge < -0.3 is 10.2 Å². The summed E-state index contributed by atoms with van der Waals surface area (Å²) in [5.74, 6) is 0.196. The highest BCUT2D eigenvalue weighted by Gasteiger charge is 2.20. The Morgan fingerprint density at radius 2 is 1.94 bits per heavy atom. The Morgan fingerprint density at radius 1 is 1.33 bits per heavy atom. The van der Waals surface area contributed by atoms with Crippen LogP contribution in [0.5, 0.6) is 0 Å². The minimum atomic E-state index is -3.90. The first-order chi connectivity index (χ1) is 8.27. The van der Waals surface area contributed by atoms with Gasteiger partial charge in [0.1, 0.15) is 11.0 Å². The molecule has 1 aromatic rings. The fourth-order valence-electron chi connectivity index (χ4n) is 1.42. The Bertz CT molecular complexity index is 521. The van der Waals surface area contributed by atoms with E-state index >= 15 is 0 Å². The van der Waals surface area contributed by atoms with Gasteiger partial charge in [0.15, 0.2) is 0 Å². The van der Waals surface area contributed by atoms with Crippen molar-refractivity contribution in [3.8, 4) is 0 Å². The largest absolute Gasteiger partial charge is 0.390 e. The van der Waals surface area contributed by atoms with Crippen molar-refractivity contribution in [2.75, 3.05) is 5.88 Å². The molecule has 2 atom stereocenters. The molecule has 8 heteroatoms. The van der Waals surface area contributed by atoms with Gasteiger partial charge in [-0.25, -0.2) is 13.6 Å². The Balaban J connectivity index is 3.05. The molecule has 0 amide bonds. The Hall–Kier alpha value is -0.370. The molecule has 0 heterocycles. The zero-order chi connectivity index (χ0) is 13.9. The van der Waals surface area contributed by atoms with E-state index in [-0.39, 0.29) is 22.2 Å². The van der Waals surface area contributed by atoms with E-state index in [0.717, 1.165) is 0 Å². The van der Waals surface area contributed by atoms with E-state index in [1.165, 1.54) is 18.2 Å². The minimum absolute atomic E-state index is 0.105. The minimum Gasteiger partial charge on any atom is -0.390 e. The first-order valence-corrected chi connectivity index (χ1v) is 7.47. The van der Waals surface area contributed by atoms with E-state index in [4.69, 9.17) is 28.3 Å². The molecule has 0 bridgehead atoms. The lowest BCUT2D eigenvalue weighted by Gasteiger charge is -2.17. The maximum atomic E-state index is 11.1. The quantitative estimate of drug-likeness (QED) is 0.706. The van der Waals surface area contributed by atoms with Crippen LogP contribution in [0.2, 0.25) is 5.02 Å². The van der Waals surface area contributed by atoms with Crippen LogP contribution in [-0.4, -0.2) is 30.6 Å². The lowest BCUT2D eigenvalue weighted by molar-refractivity contribution is 0.0170. The van der Waals surface area contributed by atoms with Gasteiger partial charge in [-0.05, 0) is 24.1 Å². The lowest BCUT2D eigenvalue weighted by Crippen LogP contribution is -2.19. The van der Waals surface area contributed by atoms with Crippen molar-refractivity contribution >= 4 is 33.2 Å². The Kier molecular flexibility index (Phi) is 5.39. The first kappa shape index (κ1) is 15.7. The SMILES string of the molecule is NS(=O)(=O)c1ccc(C(O)C(O)CCCl)cc1Cl. The molecule has 0 saturated carbocycles. The molecule has 1 rings (SSSR count). The second-order valence-electron chi connectivity index (χ2n) is 3.72. The number of hydrogen-bond donors (Lipinski definition) is 3. The smallest absolute Gasteiger partial charge is 0.239 e. The van der Waals surface area contributed by atoms with Gasteiger partial charge in [0.05, 0.1) is 11.1 Å². The highest BCUT2D eigenvalue weighted by atomic mass is 35.5. The van der Waals surface area contributed by atoms with Crippen LogP contribution >= 0.6 is 23.2 Å². The van der Waals surface area contributed by atoms with Crippen molar-refractivity contribution in [3.63, 3.8) is 0 Å². The highest BCUT2D eigenvalue weighted by Crippen LogP contribution is 2.27. The predicted molar refractivity (Wildman–Crippen MR) is 69.1 cm³/mol. The number of halogens is 2. The number of rotatable bonds is 5. The van der Waals surface area contributed by atoms with Gasteiger partial charge in [-0.3, -0.25) is 0 Å². The van der Waals surface area contributed by atoms with Gasteiger partial charge in [0, 0.05) is 5.88 Å². The van der Waals surface area contributed by atoms with Crippen LogP contribution in [0.4, 0.5) is 0 Å². The molecule has 0 fully saturated rings. The molecule has 18 heavy (non-hydrogen) atoms. The van der Waals surface area contributed by atoms with Gasteiger partial charge in [0.25, 0.3) is 0 Å². The van der Waals surface area contributed by atoms with E-state index < -0.39 is 22.2 Å². The molecule has 102 valence electrons. The molecule has 0 aliphatic heterocycles. The average Bonchev–Trinajstić information content (AvgIpc) is 2.26. The van der Waals surface area contributed by atoms with E-state index in [9.17, 15) is 18.6 Å². The number of aliphatic hydroxyl groups is 2. The molecule has 5 nitrogen and oxygen atoms in total. The molecule has 0 radical (unpaired) electrons. The van der Waals surface area contributed by atoms with Crippen molar-refractivity contribution in [1.82, 2.24) is 0 Å². The number of primary sulfonamides is 1. The summed E-state index contributed by atoms with van der Waals surface area (Å²) in [5.41, 5.74) is 0.296. The molecular weight excluding hydrogens is 301 g/mol. The number of sulfonamides is 1. The summed E-state index contributed by atoms with van der Waals surface area (Å²) in [6.45, 7) is 0. The second-order valence-corrected chi connectivity index (χ2v) is 6.04. The average molecular weight is 314 g/mol. The Morgan fingerprint density at radius 3 is 2.39 bits per heavy atom. The van der Waals surface area contributed by atoms with Crippen LogP contribution in [-0.2, 0) is 10.0 Å². The van der Waals surface area contributed by atoms with E-state index in [1.807, 2.05) is 0 Å². The van der Waals surface area contributed by atoms with Crippen LogP contribution in [0.3, 0.4) is 0 Å². The van der Waals surface area contributed by atoms with Gasteiger partial charge in [-0.15, -0.1) is 11.6 Å². The highest BCUT2D eigenvalue weighted by molar-refractivity contribution is 7.89. The lowest BCUT2D eigenvalue weighted by atomic mass is 10.0. The summed E-state index contributed by atoms with van der Waals surface area (Å²) in [5, 5.41) is 24.2. The predicted octanol–water partition coefficient (Wildman–Crippen LogP) is 1.01. The fourth-order valence-corrected chi connectivity index (χ4v) is 2.75. The van der Waals surface area contributed by atoms with Crippen molar-refractivity contribution in [2.24, 2.45) is 5.14 Å². The monoisotopic (exact) mass is 313 g/mol. The molecular formula is C10H13Cl2NO4S. The number of benzene rings is 1. The number of nitrogens with two attached hydrogens (primary N) is 1. The van der Waals surface area contributed by atoms with Crippen LogP contribution in [0, 0.1) is 0 Å². The zero-order valence-electron chi connectivity index (χ0n) is 9.25. The van der Waals surface area contributed by atoms with E-state index in [1.54, 1.807) is 0 Å². The van der Waals surface area contributed by atoms with Crippen molar-refractivity contribution in [1.29, 1.82) is 0 Å². The fraction of sp³-hybridized carbons (Fsp3) is 0.400. The van der Waals surface area contributed by atoms with Gasteiger partial charge in [-0.1, -0.05) is 17.7 Å². The van der Waals surface area contributed by atoms with Crippen LogP contribution in [0.15, 0.2) is 23.1 Å². The van der Waals surface area contributed by atoms with E-state index in [0.29, 0.717) is 5.56 Å². The van der Waals surface area contributed by atoms with Crippen molar-refractivity contribution < 1.29 is 18.6 Å². The number of alkyl halides is 1. The molecule has 1 aromatic carbocycles. The number of hydrogen-bond acceptors (Lipinski definition) is 4. The van der Waals surface area contributed by atoms with Gasteiger partial charge >= 0.3 is 0 Å². The van der Waals surface area contributed by atoms with Crippen molar-refractivity contribution in [2.45, 2.75) is 23.5 Å². The molecule has 0 aliphatic rings. The summed E-state index contributed by atoms with van der Waals surface area (Å²) in [4.78, 5) is -0.230. The van der Waals surface area contributed by atoms with Crippen LogP contribution in [0.1, 0.15) is 18.1 Å². The maximum absolute atomic E-state index is 11.1. The summed E-state index contributed by atoms with van der Waals surface area (Å²) in [6.07, 6.45) is -2.02. The normalized spacial score (nSPS) is 15.4. The summed E-state index contributed by atoms with van der Waals surface area (Å²) < 4.78 is 22.3. The third-order valence-corrected chi connectivity index (χ3v) is 3.99. The molecule has 0 saturated heterocycles. The van der Waals surface area contributed by atoms with Crippen molar-refractivity contribution in [3.05, 3.63) is 28.8 Å². The topological polar surface area (TPSA) is 101 Å². The molecule has 4 N–H and O–H groups in total. The zero-order valence-corrected chi connectivity index (χ0v) is 11.6. The Labute approximate surface area is 115 Å². The van der Waals surface area contributed by atoms with Gasteiger partial charge in [0.2, 0.25) is 10.0 Å². The van der Waals surface area contributed by atoms with Crippen LogP contribution < -0.4 is 5.14 Å². The summed E-state index contributed by atoms with van der Waals surface area (Å²) >= 11 is 11.2. The molecule has 0 aromatic heterocycles. The third-order valence-electron chi connectivity index (χ3n) is 2.37. The third kappa shape index (κ3) is 3.81. The maximum Gasteiger partial charge on any atom is 0.239 e. The molecule has 0 aliphatic carbocycles. The summed E-state index contributed by atoms with van der Waals surface area (Å²) in [6, 6.07) is 3.78. The first-order valence-electron chi connectivity index (χ1n) is 5.01. The standard InChI is InChI=1S/C10H13Cl2NO4S/c11-4-3-8(14)10(15)6-1-2-9(7(12)5-6)18(13,16)17/h1-2,5,8,10,14-15H,3-4H2,(H2,13,16,17). The number of aliphatic hydroxyl groups excluding tert-OH is 2. The van der Waals surface area contributed by atoms with Gasteiger partial charge in [-0.2, -0.15) is 0 Å². The molecule has 2 unspecified atom stereocenters. The van der Waals surface area contributed by atoms with E-state index in [2.05, 4.69) is 0 Å². The summed E-state index contributed by atoms with van der Waals surface area (Å²) in [7, 11) is -3.90. The molecule has 0 spiro atoms. The van der Waals surface area contributed by atoms with Crippen LogP contribution in [0.25, 0.3) is 0 Å².